The van der Waals surface area contributed by atoms with Crippen molar-refractivity contribution in [2.24, 2.45) is 0 Å². The Hall–Kier alpha value is -4.09. The van der Waals surface area contributed by atoms with Crippen molar-refractivity contribution in [3.05, 3.63) is 88.3 Å². The van der Waals surface area contributed by atoms with Crippen molar-refractivity contribution in [1.82, 2.24) is 4.90 Å². The van der Waals surface area contributed by atoms with Gasteiger partial charge in [-0.1, -0.05) is 48.2 Å². The molecule has 3 aromatic rings. The van der Waals surface area contributed by atoms with E-state index < -0.39 is 23.5 Å². The first-order valence-electron chi connectivity index (χ1n) is 11.2. The minimum absolute atomic E-state index is 0.0135. The molecule has 0 atom stereocenters. The maximum atomic E-state index is 13.7. The molecular formula is C27H20F2N2O5S2. The Bertz CT molecular complexity index is 1490. The molecule has 0 aliphatic carbocycles. The highest BCUT2D eigenvalue weighted by atomic mass is 32.2. The summed E-state index contributed by atoms with van der Waals surface area (Å²) in [5.41, 5.74) is 2.12. The molecule has 0 saturated carbocycles. The van der Waals surface area contributed by atoms with Crippen LogP contribution in [-0.2, 0) is 9.59 Å². The fourth-order valence-electron chi connectivity index (χ4n) is 3.68. The zero-order chi connectivity index (χ0) is 27.4. The third-order valence-corrected chi connectivity index (χ3v) is 6.97. The molecule has 3 aromatic carbocycles. The predicted octanol–water partition coefficient (Wildman–Crippen LogP) is 5.57. The van der Waals surface area contributed by atoms with Gasteiger partial charge in [-0.3, -0.25) is 14.5 Å². The Kier molecular flexibility index (Phi) is 8.18. The first-order valence-corrected chi connectivity index (χ1v) is 12.4. The van der Waals surface area contributed by atoms with Crippen molar-refractivity contribution in [1.29, 1.82) is 0 Å². The summed E-state index contributed by atoms with van der Waals surface area (Å²) >= 11 is 6.44. The molecule has 0 aromatic heterocycles. The fraction of sp³-hybridized carbons (Fsp3) is 0.111. The number of carboxylic acids is 1. The number of nitrogens with zero attached hydrogens (tertiary/aromatic N) is 1. The van der Waals surface area contributed by atoms with Crippen molar-refractivity contribution in [3.8, 4) is 16.9 Å². The van der Waals surface area contributed by atoms with Crippen LogP contribution in [0.25, 0.3) is 17.2 Å². The van der Waals surface area contributed by atoms with E-state index >= 15 is 0 Å². The largest absolute Gasteiger partial charge is 0.495 e. The summed E-state index contributed by atoms with van der Waals surface area (Å²) in [6.45, 7) is 0.0399. The minimum Gasteiger partial charge on any atom is -0.495 e. The van der Waals surface area contributed by atoms with Gasteiger partial charge >= 0.3 is 5.97 Å². The van der Waals surface area contributed by atoms with Crippen LogP contribution in [0, 0.1) is 11.6 Å². The highest BCUT2D eigenvalue weighted by molar-refractivity contribution is 8.26. The highest BCUT2D eigenvalue weighted by Crippen LogP contribution is 2.33. The second-order valence-corrected chi connectivity index (χ2v) is 9.78. The number of amides is 2. The van der Waals surface area contributed by atoms with Crippen LogP contribution < -0.4 is 10.1 Å². The number of carbonyl (C=O) groups is 3. The highest BCUT2D eigenvalue weighted by Gasteiger charge is 2.32. The average molecular weight is 555 g/mol. The van der Waals surface area contributed by atoms with Crippen LogP contribution in [-0.4, -0.2) is 45.8 Å². The molecule has 0 unspecified atom stereocenters. The molecule has 2 N–H and O–H groups in total. The maximum Gasteiger partial charge on any atom is 0.335 e. The number of rotatable bonds is 8. The lowest BCUT2D eigenvalue weighted by Crippen LogP contribution is -2.31. The molecular weight excluding hydrogens is 534 g/mol. The number of hydrogen-bond acceptors (Lipinski definition) is 6. The van der Waals surface area contributed by atoms with Crippen molar-refractivity contribution >= 4 is 57.8 Å². The molecule has 1 heterocycles. The number of benzene rings is 3. The standard InChI is InChI=1S/C27H20F2N2O5S2/c1-36-22-14-18(26(34)35)6-8-21(22)30-24(32)9-10-31-25(33)23(38-27(31)37)12-15-3-2-4-16(11-15)17-5-7-19(28)20(29)13-17/h2-8,11-14H,9-10H2,1H3,(H,30,32)(H,34,35)/b23-12-. The van der Waals surface area contributed by atoms with Gasteiger partial charge in [0.15, 0.2) is 11.6 Å². The quantitative estimate of drug-likeness (QED) is 0.278. The molecule has 7 nitrogen and oxygen atoms in total. The normalized spacial score (nSPS) is 14.2. The topological polar surface area (TPSA) is 95.9 Å². The van der Waals surface area contributed by atoms with E-state index in [0.29, 0.717) is 31.6 Å². The van der Waals surface area contributed by atoms with Crippen LogP contribution in [0.2, 0.25) is 0 Å². The number of nitrogens with one attached hydrogen (secondary N) is 1. The SMILES string of the molecule is COc1cc(C(=O)O)ccc1NC(=O)CCN1C(=O)/C(=C/c2cccc(-c3ccc(F)c(F)c3)c2)SC1=S. The van der Waals surface area contributed by atoms with Crippen LogP contribution in [0.1, 0.15) is 22.3 Å². The predicted molar refractivity (Wildman–Crippen MR) is 145 cm³/mol. The molecule has 2 amide bonds. The monoisotopic (exact) mass is 554 g/mol. The van der Waals surface area contributed by atoms with Gasteiger partial charge in [-0.15, -0.1) is 0 Å². The lowest BCUT2D eigenvalue weighted by atomic mass is 10.0. The Labute approximate surface area is 226 Å². The van der Waals surface area contributed by atoms with Gasteiger partial charge in [0.2, 0.25) is 5.91 Å². The van der Waals surface area contributed by atoms with E-state index in [1.807, 2.05) is 0 Å². The van der Waals surface area contributed by atoms with Gasteiger partial charge in [0.1, 0.15) is 10.1 Å². The number of thiocarbonyl (C=S) groups is 1. The van der Waals surface area contributed by atoms with E-state index in [9.17, 15) is 23.2 Å². The van der Waals surface area contributed by atoms with Gasteiger partial charge in [-0.25, -0.2) is 13.6 Å². The molecule has 1 aliphatic heterocycles. The summed E-state index contributed by atoms with van der Waals surface area (Å²) in [6, 6.07) is 14.7. The lowest BCUT2D eigenvalue weighted by Gasteiger charge is -2.15. The molecule has 11 heteroatoms. The van der Waals surface area contributed by atoms with Gasteiger partial charge in [0.05, 0.1) is 23.3 Å². The maximum absolute atomic E-state index is 13.7. The van der Waals surface area contributed by atoms with E-state index in [1.54, 1.807) is 30.3 Å². The minimum atomic E-state index is -1.13. The third kappa shape index (κ3) is 6.06. The van der Waals surface area contributed by atoms with Crippen LogP contribution in [0.5, 0.6) is 5.75 Å². The molecule has 0 radical (unpaired) electrons. The fourth-order valence-corrected chi connectivity index (χ4v) is 4.99. The number of ether oxygens (including phenoxy) is 1. The molecule has 1 aliphatic rings. The van der Waals surface area contributed by atoms with Crippen LogP contribution >= 0.6 is 24.0 Å². The number of carboxylic acid groups (broad SMARTS) is 1. The van der Waals surface area contributed by atoms with Gasteiger partial charge in [-0.05, 0) is 59.2 Å². The molecule has 0 spiro atoms. The molecule has 1 saturated heterocycles. The average Bonchev–Trinajstić information content (AvgIpc) is 3.16. The first kappa shape index (κ1) is 27.0. The van der Waals surface area contributed by atoms with Crippen molar-refractivity contribution in [2.45, 2.75) is 6.42 Å². The molecule has 0 bridgehead atoms. The smallest absolute Gasteiger partial charge is 0.335 e. The zero-order valence-electron chi connectivity index (χ0n) is 19.9. The number of halogens is 2. The van der Waals surface area contributed by atoms with E-state index in [2.05, 4.69) is 5.32 Å². The Morgan fingerprint density at radius 1 is 1.08 bits per heavy atom. The van der Waals surface area contributed by atoms with Crippen molar-refractivity contribution in [2.75, 3.05) is 19.0 Å². The summed E-state index contributed by atoms with van der Waals surface area (Å²) < 4.78 is 32.4. The van der Waals surface area contributed by atoms with Crippen molar-refractivity contribution < 1.29 is 33.0 Å². The van der Waals surface area contributed by atoms with Crippen LogP contribution in [0.4, 0.5) is 14.5 Å². The molecule has 38 heavy (non-hydrogen) atoms. The summed E-state index contributed by atoms with van der Waals surface area (Å²) in [4.78, 5) is 38.3. The zero-order valence-corrected chi connectivity index (χ0v) is 21.5. The number of hydrogen-bond donors (Lipinski definition) is 2. The van der Waals surface area contributed by atoms with E-state index in [1.165, 1.54) is 36.3 Å². The number of thioether (sulfide) groups is 1. The lowest BCUT2D eigenvalue weighted by molar-refractivity contribution is -0.122. The number of methoxy groups -OCH3 is 1. The summed E-state index contributed by atoms with van der Waals surface area (Å²) in [6.07, 6.45) is 1.59. The van der Waals surface area contributed by atoms with Crippen molar-refractivity contribution in [3.63, 3.8) is 0 Å². The van der Waals surface area contributed by atoms with Gasteiger partial charge in [0.25, 0.3) is 5.91 Å². The number of carbonyl (C=O) groups excluding carboxylic acids is 2. The molecule has 194 valence electrons. The molecule has 4 rings (SSSR count). The van der Waals surface area contributed by atoms with E-state index in [-0.39, 0.29) is 30.2 Å². The summed E-state index contributed by atoms with van der Waals surface area (Å²) in [5.74, 6) is -3.58. The Morgan fingerprint density at radius 3 is 2.55 bits per heavy atom. The third-order valence-electron chi connectivity index (χ3n) is 5.60. The van der Waals surface area contributed by atoms with Gasteiger partial charge < -0.3 is 15.2 Å². The van der Waals surface area contributed by atoms with E-state index in [0.717, 1.165) is 23.9 Å². The van der Waals surface area contributed by atoms with Crippen LogP contribution in [0.15, 0.2) is 65.6 Å². The van der Waals surface area contributed by atoms with Gasteiger partial charge in [0, 0.05) is 13.0 Å². The molecule has 1 fully saturated rings. The number of anilines is 1. The summed E-state index contributed by atoms with van der Waals surface area (Å²) in [5, 5.41) is 11.8. The van der Waals surface area contributed by atoms with Gasteiger partial charge in [-0.2, -0.15) is 0 Å². The second-order valence-electron chi connectivity index (χ2n) is 8.11. The first-order chi connectivity index (χ1) is 18.2. The Balaban J connectivity index is 1.42. The van der Waals surface area contributed by atoms with Crippen LogP contribution in [0.3, 0.4) is 0 Å². The number of aromatic carboxylic acids is 1. The second kappa shape index (κ2) is 11.5. The van der Waals surface area contributed by atoms with E-state index in [4.69, 9.17) is 22.1 Å². The summed E-state index contributed by atoms with van der Waals surface area (Å²) in [7, 11) is 1.36. The Morgan fingerprint density at radius 2 is 1.84 bits per heavy atom.